The average molecular weight is 342 g/mol. The van der Waals surface area contributed by atoms with Crippen LogP contribution in [0, 0.1) is 0 Å². The number of benzene rings is 2. The first kappa shape index (κ1) is 19.3. The first-order chi connectivity index (χ1) is 10.4. The number of nitrogens with zero attached hydrogens (tertiary/aromatic N) is 1. The molecule has 0 spiro atoms. The Kier molecular flexibility index (Phi) is 6.85. The number of alkyl halides is 3. The largest absolute Gasteiger partial charge is 0.416 e. The van der Waals surface area contributed by atoms with Crippen LogP contribution in [0.2, 0.25) is 0 Å². The van der Waals surface area contributed by atoms with Gasteiger partial charge < -0.3 is 4.90 Å². The summed E-state index contributed by atoms with van der Waals surface area (Å²) in [6.07, 6.45) is -2.38. The van der Waals surface area contributed by atoms with Crippen molar-refractivity contribution in [2.75, 3.05) is 20.6 Å². The number of hydrogen-bond donors (Lipinski definition) is 0. The zero-order chi connectivity index (χ0) is 16.2. The normalized spacial score (nSPS) is 12.2. The van der Waals surface area contributed by atoms with Crippen molar-refractivity contribution in [3.63, 3.8) is 0 Å². The molecule has 0 bridgehead atoms. The molecule has 0 unspecified atom stereocenters. The minimum atomic E-state index is -4.33. The maximum atomic E-state index is 12.9. The second-order valence-corrected chi connectivity index (χ2v) is 5.32. The van der Waals surface area contributed by atoms with Crippen molar-refractivity contribution in [3.8, 4) is 0 Å². The second-order valence-electron chi connectivity index (χ2n) is 5.32. The molecule has 0 aliphatic heterocycles. The summed E-state index contributed by atoms with van der Waals surface area (Å²) in [4.78, 5) is 1.97. The highest BCUT2D eigenvalue weighted by Gasteiger charge is 2.30. The van der Waals surface area contributed by atoms with E-state index < -0.39 is 11.7 Å². The summed E-state index contributed by atoms with van der Waals surface area (Å²) < 4.78 is 38.8. The molecule has 2 aromatic carbocycles. The van der Waals surface area contributed by atoms with Gasteiger partial charge in [0.1, 0.15) is 0 Å². The van der Waals surface area contributed by atoms with Crippen LogP contribution >= 0.6 is 12.4 Å². The third-order valence-corrected chi connectivity index (χ3v) is 3.25. The molecule has 1 nitrogen and oxygen atoms in total. The summed E-state index contributed by atoms with van der Waals surface area (Å²) >= 11 is 0. The van der Waals surface area contributed by atoms with E-state index in [1.54, 1.807) is 6.07 Å². The number of halogens is 4. The van der Waals surface area contributed by atoms with Crippen molar-refractivity contribution >= 4 is 18.0 Å². The van der Waals surface area contributed by atoms with Gasteiger partial charge in [0.15, 0.2) is 0 Å². The number of rotatable bonds is 4. The Morgan fingerprint density at radius 3 is 2.13 bits per heavy atom. The SMILES string of the molecule is CN(C)C/C=C(\c1ccccc1)c1cccc(C(F)(F)F)c1.Cl. The lowest BCUT2D eigenvalue weighted by molar-refractivity contribution is -0.137. The van der Waals surface area contributed by atoms with Gasteiger partial charge in [0, 0.05) is 6.54 Å². The summed E-state index contributed by atoms with van der Waals surface area (Å²) in [5.41, 5.74) is 1.66. The smallest absolute Gasteiger partial charge is 0.306 e. The van der Waals surface area contributed by atoms with Crippen LogP contribution in [0.25, 0.3) is 5.57 Å². The second kappa shape index (κ2) is 8.18. The van der Waals surface area contributed by atoms with Gasteiger partial charge in [0.05, 0.1) is 5.56 Å². The van der Waals surface area contributed by atoms with Crippen molar-refractivity contribution in [2.24, 2.45) is 0 Å². The molecule has 0 saturated heterocycles. The van der Waals surface area contributed by atoms with Gasteiger partial charge >= 0.3 is 6.18 Å². The predicted octanol–water partition coefficient (Wildman–Crippen LogP) is 5.12. The molecule has 2 aromatic rings. The maximum Gasteiger partial charge on any atom is 0.416 e. The molecule has 0 N–H and O–H groups in total. The Morgan fingerprint density at radius 2 is 1.57 bits per heavy atom. The zero-order valence-corrected chi connectivity index (χ0v) is 13.8. The standard InChI is InChI=1S/C18H18F3N.ClH/c1-22(2)12-11-17(14-7-4-3-5-8-14)15-9-6-10-16(13-15)18(19,20)21;/h3-11,13H,12H2,1-2H3;1H/b17-11+;. The highest BCUT2D eigenvalue weighted by molar-refractivity contribution is 5.85. The van der Waals surface area contributed by atoms with Gasteiger partial charge in [-0.25, -0.2) is 0 Å². The third kappa shape index (κ3) is 5.41. The fraction of sp³-hybridized carbons (Fsp3) is 0.222. The van der Waals surface area contributed by atoms with E-state index >= 15 is 0 Å². The van der Waals surface area contributed by atoms with Crippen LogP contribution in [0.1, 0.15) is 16.7 Å². The van der Waals surface area contributed by atoms with E-state index in [2.05, 4.69) is 0 Å². The van der Waals surface area contributed by atoms with Gasteiger partial charge in [0.25, 0.3) is 0 Å². The molecule has 0 radical (unpaired) electrons. The van der Waals surface area contributed by atoms with Gasteiger partial charge in [-0.15, -0.1) is 12.4 Å². The molecular formula is C18H19ClF3N. The molecule has 0 fully saturated rings. The molecule has 0 atom stereocenters. The molecule has 0 amide bonds. The molecular weight excluding hydrogens is 323 g/mol. The molecule has 0 aliphatic carbocycles. The Morgan fingerprint density at radius 1 is 0.957 bits per heavy atom. The predicted molar refractivity (Wildman–Crippen MR) is 90.8 cm³/mol. The van der Waals surface area contributed by atoms with E-state index in [0.29, 0.717) is 12.1 Å². The maximum absolute atomic E-state index is 12.9. The minimum absolute atomic E-state index is 0. The van der Waals surface area contributed by atoms with Crippen molar-refractivity contribution in [3.05, 3.63) is 77.4 Å². The van der Waals surface area contributed by atoms with Gasteiger partial charge in [-0.2, -0.15) is 13.2 Å². The molecule has 124 valence electrons. The summed E-state index contributed by atoms with van der Waals surface area (Å²) in [7, 11) is 3.84. The third-order valence-electron chi connectivity index (χ3n) is 3.25. The van der Waals surface area contributed by atoms with E-state index in [4.69, 9.17) is 0 Å². The fourth-order valence-corrected chi connectivity index (χ4v) is 2.16. The lowest BCUT2D eigenvalue weighted by Gasteiger charge is -2.14. The van der Waals surface area contributed by atoms with E-state index in [-0.39, 0.29) is 12.4 Å². The van der Waals surface area contributed by atoms with Gasteiger partial charge in [-0.05, 0) is 42.9 Å². The van der Waals surface area contributed by atoms with Crippen molar-refractivity contribution in [1.82, 2.24) is 4.90 Å². The first-order valence-corrected chi connectivity index (χ1v) is 6.96. The van der Waals surface area contributed by atoms with Crippen LogP contribution in [0.5, 0.6) is 0 Å². The van der Waals surface area contributed by atoms with Crippen LogP contribution in [0.15, 0.2) is 60.7 Å². The van der Waals surface area contributed by atoms with Crippen molar-refractivity contribution in [1.29, 1.82) is 0 Å². The molecule has 2 rings (SSSR count). The van der Waals surface area contributed by atoms with Crippen LogP contribution < -0.4 is 0 Å². The van der Waals surface area contributed by atoms with Gasteiger partial charge in [-0.1, -0.05) is 48.5 Å². The highest BCUT2D eigenvalue weighted by atomic mass is 35.5. The summed E-state index contributed by atoms with van der Waals surface area (Å²) in [6, 6.07) is 14.9. The quantitative estimate of drug-likeness (QED) is 0.746. The van der Waals surface area contributed by atoms with E-state index in [1.165, 1.54) is 12.1 Å². The molecule has 0 aromatic heterocycles. The highest BCUT2D eigenvalue weighted by Crippen LogP contribution is 2.32. The monoisotopic (exact) mass is 341 g/mol. The van der Waals surface area contributed by atoms with Crippen LogP contribution in [-0.4, -0.2) is 25.5 Å². The fourth-order valence-electron chi connectivity index (χ4n) is 2.16. The van der Waals surface area contributed by atoms with Crippen LogP contribution in [0.4, 0.5) is 13.2 Å². The zero-order valence-electron chi connectivity index (χ0n) is 13.0. The van der Waals surface area contributed by atoms with E-state index in [9.17, 15) is 13.2 Å². The van der Waals surface area contributed by atoms with E-state index in [0.717, 1.165) is 17.2 Å². The Balaban J connectivity index is 0.00000264. The Hall–Kier alpha value is -1.78. The Labute approximate surface area is 140 Å². The van der Waals surface area contributed by atoms with Crippen LogP contribution in [0.3, 0.4) is 0 Å². The lowest BCUT2D eigenvalue weighted by atomic mass is 9.96. The molecule has 0 aliphatic rings. The summed E-state index contributed by atoms with van der Waals surface area (Å²) in [5.74, 6) is 0. The minimum Gasteiger partial charge on any atom is -0.306 e. The molecule has 5 heteroatoms. The Bertz CT molecular complexity index is 649. The summed E-state index contributed by atoms with van der Waals surface area (Å²) in [6.45, 7) is 0.653. The number of likely N-dealkylation sites (N-methyl/N-ethyl adjacent to an activating group) is 1. The van der Waals surface area contributed by atoms with Crippen molar-refractivity contribution in [2.45, 2.75) is 6.18 Å². The van der Waals surface area contributed by atoms with Gasteiger partial charge in [0.2, 0.25) is 0 Å². The number of hydrogen-bond acceptors (Lipinski definition) is 1. The lowest BCUT2D eigenvalue weighted by Crippen LogP contribution is -2.11. The molecule has 0 heterocycles. The van der Waals surface area contributed by atoms with Crippen LogP contribution in [-0.2, 0) is 6.18 Å². The van der Waals surface area contributed by atoms with E-state index in [1.807, 2.05) is 55.4 Å². The van der Waals surface area contributed by atoms with Crippen molar-refractivity contribution < 1.29 is 13.2 Å². The molecule has 23 heavy (non-hydrogen) atoms. The summed E-state index contributed by atoms with van der Waals surface area (Å²) in [5, 5.41) is 0. The average Bonchev–Trinajstić information content (AvgIpc) is 2.48. The van der Waals surface area contributed by atoms with Gasteiger partial charge in [-0.3, -0.25) is 0 Å². The molecule has 0 saturated carbocycles. The topological polar surface area (TPSA) is 3.24 Å². The first-order valence-electron chi connectivity index (χ1n) is 6.96.